The fraction of sp³-hybridized carbons (Fsp3) is 0.440. The van der Waals surface area contributed by atoms with Crippen LogP contribution in [0.2, 0.25) is 5.02 Å². The second kappa shape index (κ2) is 10.9. The largest absolute Gasteiger partial charge is 0.452 e. The van der Waals surface area contributed by atoms with E-state index in [1.807, 2.05) is 18.2 Å². The SMILES string of the molecule is O=C(COC(=O)c1ccc(Cl)c(S(=O)(=O)N2CCCCCC2)c1)NC1CCCc2ccccc21. The number of hydrogen-bond donors (Lipinski definition) is 1. The highest BCUT2D eigenvalue weighted by Crippen LogP contribution is 2.30. The summed E-state index contributed by atoms with van der Waals surface area (Å²) < 4.78 is 32.9. The van der Waals surface area contributed by atoms with E-state index in [2.05, 4.69) is 11.4 Å². The molecule has 34 heavy (non-hydrogen) atoms. The molecule has 9 heteroatoms. The van der Waals surface area contributed by atoms with Crippen LogP contribution in [0.1, 0.15) is 66.1 Å². The van der Waals surface area contributed by atoms with Crippen LogP contribution in [0.4, 0.5) is 0 Å². The smallest absolute Gasteiger partial charge is 0.338 e. The Morgan fingerprint density at radius 3 is 2.53 bits per heavy atom. The molecule has 1 amide bonds. The Morgan fingerprint density at radius 1 is 1.03 bits per heavy atom. The number of halogens is 1. The number of carbonyl (C=O) groups is 2. The fourth-order valence-electron chi connectivity index (χ4n) is 4.60. The maximum absolute atomic E-state index is 13.1. The van der Waals surface area contributed by atoms with Gasteiger partial charge in [-0.15, -0.1) is 0 Å². The molecule has 7 nitrogen and oxygen atoms in total. The number of esters is 1. The van der Waals surface area contributed by atoms with Gasteiger partial charge >= 0.3 is 5.97 Å². The molecule has 0 aromatic heterocycles. The molecule has 2 aromatic rings. The van der Waals surface area contributed by atoms with E-state index in [4.69, 9.17) is 16.3 Å². The number of ether oxygens (including phenoxy) is 1. The van der Waals surface area contributed by atoms with Gasteiger partial charge in [0, 0.05) is 13.1 Å². The van der Waals surface area contributed by atoms with Gasteiger partial charge in [-0.1, -0.05) is 48.7 Å². The van der Waals surface area contributed by atoms with Crippen LogP contribution < -0.4 is 5.32 Å². The summed E-state index contributed by atoms with van der Waals surface area (Å²) >= 11 is 6.20. The highest BCUT2D eigenvalue weighted by atomic mass is 35.5. The number of carbonyl (C=O) groups excluding carboxylic acids is 2. The lowest BCUT2D eigenvalue weighted by molar-refractivity contribution is -0.125. The van der Waals surface area contributed by atoms with Crippen molar-refractivity contribution in [1.29, 1.82) is 0 Å². The maximum Gasteiger partial charge on any atom is 0.338 e. The molecule has 2 aliphatic rings. The molecule has 0 saturated carbocycles. The molecule has 0 radical (unpaired) electrons. The Morgan fingerprint density at radius 2 is 1.76 bits per heavy atom. The number of sulfonamides is 1. The first-order valence-electron chi connectivity index (χ1n) is 11.7. The molecule has 0 spiro atoms. The van der Waals surface area contributed by atoms with Gasteiger partial charge in [0.2, 0.25) is 10.0 Å². The Kier molecular flexibility index (Phi) is 7.91. The van der Waals surface area contributed by atoms with Crippen molar-refractivity contribution in [2.24, 2.45) is 0 Å². The average molecular weight is 505 g/mol. The van der Waals surface area contributed by atoms with Crippen molar-refractivity contribution in [3.05, 3.63) is 64.2 Å². The minimum absolute atomic E-state index is 0.0357. The Balaban J connectivity index is 1.40. The summed E-state index contributed by atoms with van der Waals surface area (Å²) in [5.41, 5.74) is 2.35. The minimum atomic E-state index is -3.84. The fourth-order valence-corrected chi connectivity index (χ4v) is 6.62. The molecule has 0 bridgehead atoms. The summed E-state index contributed by atoms with van der Waals surface area (Å²) in [6.45, 7) is 0.407. The first kappa shape index (κ1) is 24.7. The van der Waals surface area contributed by atoms with Gasteiger partial charge in [0.15, 0.2) is 6.61 Å². The summed E-state index contributed by atoms with van der Waals surface area (Å²) in [5, 5.41) is 2.99. The molecule has 1 aliphatic heterocycles. The topological polar surface area (TPSA) is 92.8 Å². The van der Waals surface area contributed by atoms with Crippen molar-refractivity contribution in [1.82, 2.24) is 9.62 Å². The third-order valence-corrected chi connectivity index (χ3v) is 8.77. The van der Waals surface area contributed by atoms with Crippen molar-refractivity contribution >= 4 is 33.5 Å². The van der Waals surface area contributed by atoms with E-state index in [9.17, 15) is 18.0 Å². The summed E-state index contributed by atoms with van der Waals surface area (Å²) in [7, 11) is -3.84. The van der Waals surface area contributed by atoms with Crippen LogP contribution in [0, 0.1) is 0 Å². The maximum atomic E-state index is 13.1. The lowest BCUT2D eigenvalue weighted by Gasteiger charge is -2.26. The van der Waals surface area contributed by atoms with Crippen molar-refractivity contribution < 1.29 is 22.7 Å². The van der Waals surface area contributed by atoms with E-state index < -0.39 is 28.5 Å². The summed E-state index contributed by atoms with van der Waals surface area (Å²) in [6, 6.07) is 11.9. The molecule has 2 aromatic carbocycles. The first-order valence-corrected chi connectivity index (χ1v) is 13.5. The monoisotopic (exact) mass is 504 g/mol. The van der Waals surface area contributed by atoms with Gasteiger partial charge in [-0.2, -0.15) is 4.31 Å². The zero-order valence-corrected chi connectivity index (χ0v) is 20.5. The van der Waals surface area contributed by atoms with E-state index in [1.54, 1.807) is 0 Å². The van der Waals surface area contributed by atoms with Crippen LogP contribution >= 0.6 is 11.6 Å². The van der Waals surface area contributed by atoms with E-state index in [1.165, 1.54) is 28.1 Å². The average Bonchev–Trinajstić information content (AvgIpc) is 3.13. The van der Waals surface area contributed by atoms with Gasteiger partial charge < -0.3 is 10.1 Å². The first-order chi connectivity index (χ1) is 16.4. The van der Waals surface area contributed by atoms with Crippen LogP contribution in [0.3, 0.4) is 0 Å². The van der Waals surface area contributed by atoms with Crippen molar-refractivity contribution in [2.45, 2.75) is 55.9 Å². The molecule has 1 saturated heterocycles. The lowest BCUT2D eigenvalue weighted by Crippen LogP contribution is -2.34. The third kappa shape index (κ3) is 5.62. The second-order valence-electron chi connectivity index (χ2n) is 8.75. The number of hydrogen-bond acceptors (Lipinski definition) is 5. The molecule has 182 valence electrons. The van der Waals surface area contributed by atoms with Crippen molar-refractivity contribution in [3.63, 3.8) is 0 Å². The van der Waals surface area contributed by atoms with E-state index >= 15 is 0 Å². The van der Waals surface area contributed by atoms with Crippen LogP contribution in [-0.4, -0.2) is 44.3 Å². The van der Waals surface area contributed by atoms with E-state index in [0.717, 1.165) is 50.5 Å². The summed E-state index contributed by atoms with van der Waals surface area (Å²) in [4.78, 5) is 25.0. The molecule has 4 rings (SSSR count). The van der Waals surface area contributed by atoms with Crippen LogP contribution in [0.15, 0.2) is 47.4 Å². The van der Waals surface area contributed by atoms with Gasteiger partial charge in [0.05, 0.1) is 16.6 Å². The molecule has 1 aliphatic carbocycles. The predicted molar refractivity (Wildman–Crippen MR) is 129 cm³/mol. The normalized spacial score (nSPS) is 19.0. The van der Waals surface area contributed by atoms with Gasteiger partial charge in [-0.05, 0) is 61.4 Å². The lowest BCUT2D eigenvalue weighted by atomic mass is 9.88. The predicted octanol–water partition coefficient (Wildman–Crippen LogP) is 4.26. The zero-order valence-electron chi connectivity index (χ0n) is 19.0. The van der Waals surface area contributed by atoms with Gasteiger partial charge in [0.1, 0.15) is 4.90 Å². The Bertz CT molecular complexity index is 1160. The van der Waals surface area contributed by atoms with Gasteiger partial charge in [-0.25, -0.2) is 13.2 Å². The zero-order chi connectivity index (χ0) is 24.1. The Hall–Kier alpha value is -2.42. The number of amides is 1. The van der Waals surface area contributed by atoms with Crippen molar-refractivity contribution in [3.8, 4) is 0 Å². The minimum Gasteiger partial charge on any atom is -0.452 e. The molecule has 1 unspecified atom stereocenters. The van der Waals surface area contributed by atoms with Gasteiger partial charge in [0.25, 0.3) is 5.91 Å². The Labute approximate surface area is 205 Å². The van der Waals surface area contributed by atoms with Gasteiger partial charge in [-0.3, -0.25) is 4.79 Å². The number of nitrogens with one attached hydrogen (secondary N) is 1. The molecular weight excluding hydrogens is 476 g/mol. The van der Waals surface area contributed by atoms with E-state index in [-0.39, 0.29) is 21.5 Å². The van der Waals surface area contributed by atoms with E-state index in [0.29, 0.717) is 13.1 Å². The number of nitrogens with zero attached hydrogens (tertiary/aromatic N) is 1. The molecule has 1 fully saturated rings. The van der Waals surface area contributed by atoms with Crippen LogP contribution in [0.25, 0.3) is 0 Å². The molecule has 1 N–H and O–H groups in total. The van der Waals surface area contributed by atoms with Crippen LogP contribution in [0.5, 0.6) is 0 Å². The molecular formula is C25H29ClN2O5S. The highest BCUT2D eigenvalue weighted by Gasteiger charge is 2.29. The number of aryl methyl sites for hydroxylation is 1. The summed E-state index contributed by atoms with van der Waals surface area (Å²) in [6.07, 6.45) is 6.34. The third-order valence-electron chi connectivity index (χ3n) is 6.39. The standard InChI is InChI=1S/C25H29ClN2O5S/c26-21-13-12-19(16-23(21)34(31,32)28-14-5-1-2-6-15-28)25(30)33-17-24(29)27-22-11-7-9-18-8-3-4-10-20(18)22/h3-4,8,10,12-13,16,22H,1-2,5-7,9,11,14-15,17H2,(H,27,29). The quantitative estimate of drug-likeness (QED) is 0.593. The summed E-state index contributed by atoms with van der Waals surface area (Å²) in [5.74, 6) is -1.18. The van der Waals surface area contributed by atoms with Crippen LogP contribution in [-0.2, 0) is 26.0 Å². The molecule has 1 heterocycles. The highest BCUT2D eigenvalue weighted by molar-refractivity contribution is 7.89. The number of fused-ring (bicyclic) bond motifs is 1. The molecule has 1 atom stereocenters. The number of benzene rings is 2. The second-order valence-corrected chi connectivity index (χ2v) is 11.1. The number of rotatable bonds is 6. The van der Waals surface area contributed by atoms with Crippen molar-refractivity contribution in [2.75, 3.05) is 19.7 Å².